The smallest absolute Gasteiger partial charge is 0.391 e. The summed E-state index contributed by atoms with van der Waals surface area (Å²) < 4.78 is 132. The van der Waals surface area contributed by atoms with Crippen molar-refractivity contribution in [3.05, 3.63) is 0 Å². The number of hydrogen-bond acceptors (Lipinski definition) is 33. The van der Waals surface area contributed by atoms with Gasteiger partial charge in [-0.1, -0.05) is 0 Å². The second-order valence-electron chi connectivity index (χ2n) is 23.0. The van der Waals surface area contributed by atoms with Crippen molar-refractivity contribution in [1.29, 1.82) is 0 Å². The van der Waals surface area contributed by atoms with Gasteiger partial charge in [-0.2, -0.15) is 0 Å². The fourth-order valence-corrected chi connectivity index (χ4v) is 20.4. The zero-order valence-corrected chi connectivity index (χ0v) is 69.1. The Morgan fingerprint density at radius 1 is 0.255 bits per heavy atom. The molecule has 0 aromatic carbocycles. The zero-order valence-electron chi connectivity index (χ0n) is 63.1. The highest BCUT2D eigenvalue weighted by molar-refractivity contribution is 6.62. The van der Waals surface area contributed by atoms with Crippen molar-refractivity contribution in [3.63, 3.8) is 0 Å². The quantitative estimate of drug-likeness (QED) is 0.0332. The summed E-state index contributed by atoms with van der Waals surface area (Å²) in [6.07, 6.45) is 1.76. The lowest BCUT2D eigenvalue weighted by Gasteiger charge is -2.32. The molecule has 592 valence electrons. The van der Waals surface area contributed by atoms with Crippen LogP contribution in [0.1, 0.15) is 57.8 Å². The average molecular weight is 1540 g/mol. The van der Waals surface area contributed by atoms with E-state index in [-0.39, 0.29) is 59.2 Å². The minimum atomic E-state index is -2.75. The third-order valence-corrected chi connectivity index (χ3v) is 33.2. The number of unbranched alkanes of at least 4 members (excludes halogenated alkanes) is 1. The van der Waals surface area contributed by atoms with Crippen LogP contribution in [0.4, 0.5) is 0 Å². The number of nitrogens with one attached hydrogen (secondary N) is 1. The maximum atomic E-state index is 11.1. The van der Waals surface area contributed by atoms with Crippen LogP contribution in [0, 0.1) is 0 Å². The highest BCUT2D eigenvalue weighted by Crippen LogP contribution is 2.20. The molecule has 0 bridgehead atoms. The molecular weight excluding hydrogens is 1400 g/mol. The van der Waals surface area contributed by atoms with Crippen molar-refractivity contribution in [1.82, 2.24) is 15.1 Å². The van der Waals surface area contributed by atoms with Crippen molar-refractivity contribution in [2.45, 2.75) is 131 Å². The van der Waals surface area contributed by atoms with Crippen LogP contribution in [0.25, 0.3) is 0 Å². The van der Waals surface area contributed by atoms with Crippen LogP contribution in [-0.4, -0.2) is 390 Å². The highest BCUT2D eigenvalue weighted by atomic mass is 28.4. The van der Waals surface area contributed by atoms with Crippen LogP contribution >= 0.6 is 0 Å². The fraction of sp³-hybridized carbons (Fsp3) is 1.00. The van der Waals surface area contributed by atoms with E-state index < -0.39 is 89.5 Å². The first-order chi connectivity index (χ1) is 47.0. The summed E-state index contributed by atoms with van der Waals surface area (Å²) in [5.41, 5.74) is 0. The van der Waals surface area contributed by atoms with Gasteiger partial charge in [0, 0.05) is 250 Å². The van der Waals surface area contributed by atoms with E-state index >= 15 is 0 Å². The Labute approximate surface area is 594 Å². The number of hydrogen-bond donors (Lipinski definition) is 7. The molecule has 0 aromatic heterocycles. The predicted octanol–water partition coefficient (Wildman–Crippen LogP) is 1.21. The lowest BCUT2D eigenvalue weighted by molar-refractivity contribution is -0.0242. The summed E-state index contributed by atoms with van der Waals surface area (Å²) in [6.45, 7) is 5.88. The van der Waals surface area contributed by atoms with Crippen LogP contribution in [0.15, 0.2) is 0 Å². The molecule has 0 saturated carbocycles. The van der Waals surface area contributed by atoms with Crippen molar-refractivity contribution < 1.29 is 139 Å². The Morgan fingerprint density at radius 3 is 0.653 bits per heavy atom. The average Bonchev–Trinajstić information content (AvgIpc) is 1.07. The topological polar surface area (TPSA) is 361 Å². The lowest BCUT2D eigenvalue weighted by Crippen LogP contribution is -2.47. The number of aliphatic hydroxyl groups is 6. The normalized spacial score (nSPS) is 14.9. The second kappa shape index (κ2) is 62.1. The lowest BCUT2D eigenvalue weighted by atomic mass is 10.1. The van der Waals surface area contributed by atoms with Gasteiger partial charge in [-0.25, -0.2) is 0 Å². The summed E-state index contributed by atoms with van der Waals surface area (Å²) in [6, 6.07) is 3.54. The Kier molecular flexibility index (Phi) is 63.4. The maximum Gasteiger partial charge on any atom is 0.500 e. The van der Waals surface area contributed by atoms with Gasteiger partial charge in [-0.3, -0.25) is 9.80 Å². The molecule has 6 unspecified atom stereocenters. The highest BCUT2D eigenvalue weighted by Gasteiger charge is 2.41. The molecule has 33 nitrogen and oxygen atoms in total. The Hall–Kier alpha value is -0.0187. The summed E-state index contributed by atoms with van der Waals surface area (Å²) in [5.74, 6) is 0. The SMILES string of the molecule is CO[Si](CCCOCC(O)CCCCNCC(O)COCCC[Si](OC)(OC)OC)(OC)OC.CO[Si](CCCOCC(O)CN(CCN(CC(O)COCCC[Si](OC)(OC)OC)CC(O)COCCC[Si](OC)(OC)OC)CC(O)COCCC[Si](OC)(OC)OC)(OC)OC. The van der Waals surface area contributed by atoms with E-state index in [1.54, 1.807) is 128 Å². The Morgan fingerprint density at radius 2 is 0.449 bits per heavy atom. The van der Waals surface area contributed by atoms with E-state index in [2.05, 4.69) is 5.32 Å². The van der Waals surface area contributed by atoms with Gasteiger partial charge < -0.3 is 144 Å². The minimum absolute atomic E-state index is 0.0516. The van der Waals surface area contributed by atoms with Crippen LogP contribution in [0.3, 0.4) is 0 Å². The molecule has 0 aromatic rings. The first kappa shape index (κ1) is 100. The van der Waals surface area contributed by atoms with E-state index in [1.807, 2.05) is 9.80 Å². The third-order valence-electron chi connectivity index (χ3n) is 16.2. The Bertz CT molecular complexity index is 1510. The predicted molar refractivity (Wildman–Crippen MR) is 378 cm³/mol. The van der Waals surface area contributed by atoms with Gasteiger partial charge in [-0.05, 0) is 64.3 Å². The molecule has 0 heterocycles. The van der Waals surface area contributed by atoms with Gasteiger partial charge in [0.1, 0.15) is 0 Å². The largest absolute Gasteiger partial charge is 0.500 e. The zero-order chi connectivity index (χ0) is 74.0. The molecule has 6 atom stereocenters. The first-order valence-corrected chi connectivity index (χ1v) is 45.3. The number of nitrogens with zero attached hydrogens (tertiary/aromatic N) is 2. The summed E-state index contributed by atoms with van der Waals surface area (Å²) in [7, 11) is 12.1. The van der Waals surface area contributed by atoms with Gasteiger partial charge in [0.15, 0.2) is 0 Å². The molecule has 0 fully saturated rings. The standard InChI is InChI=1S/C38H88N2O20Si4.C21H49NO10Si2/c1-45-61(46-2,47-3)23-13-19-57-31-35(41)27-39(28-36(42)32-58-20-14-24-62(48-4,49-5)50-6)17-18-40(29-37(43)33-59-21-15-25-63(51-7,52-8)53-9)30-38(44)34-60-22-16-26-64(54-10,55-11)56-12;1-25-33(26-2,27-3)15-9-13-31-18-20(23)11-7-8-12-22-17-21(24)19-32-14-10-16-34(28-4,29-5)30-6/h35-38,41-44H,13-34H2,1-12H3;20-24H,7-19H2,1-6H3. The van der Waals surface area contributed by atoms with Gasteiger partial charge in [0.05, 0.1) is 76.3 Å². The van der Waals surface area contributed by atoms with E-state index in [0.29, 0.717) is 134 Å². The van der Waals surface area contributed by atoms with Crippen molar-refractivity contribution in [2.24, 2.45) is 0 Å². The molecule has 0 spiro atoms. The number of rotatable bonds is 72. The molecular formula is C59H137N3O30Si6. The van der Waals surface area contributed by atoms with Crippen LogP contribution in [0.5, 0.6) is 0 Å². The minimum Gasteiger partial charge on any atom is -0.391 e. The van der Waals surface area contributed by atoms with Gasteiger partial charge >= 0.3 is 52.8 Å². The molecule has 0 aliphatic rings. The second-order valence-corrected chi connectivity index (χ2v) is 41.5. The van der Waals surface area contributed by atoms with E-state index in [4.69, 9.17) is 108 Å². The van der Waals surface area contributed by atoms with Crippen molar-refractivity contribution >= 4 is 52.8 Å². The molecule has 0 amide bonds. The van der Waals surface area contributed by atoms with Gasteiger partial charge in [-0.15, -0.1) is 0 Å². The molecule has 7 N–H and O–H groups in total. The molecule has 0 aliphatic heterocycles. The van der Waals surface area contributed by atoms with Crippen LogP contribution < -0.4 is 5.32 Å². The number of ether oxygens (including phenoxy) is 6. The van der Waals surface area contributed by atoms with Gasteiger partial charge in [0.2, 0.25) is 0 Å². The van der Waals surface area contributed by atoms with Crippen molar-refractivity contribution in [3.8, 4) is 0 Å². The molecule has 0 aliphatic carbocycles. The summed E-state index contributed by atoms with van der Waals surface area (Å²) in [5, 5.41) is 67.7. The van der Waals surface area contributed by atoms with E-state index in [0.717, 1.165) is 32.2 Å². The molecule has 39 heteroatoms. The Balaban J connectivity index is 0. The monoisotopic (exact) mass is 1540 g/mol. The molecule has 0 radical (unpaired) electrons. The van der Waals surface area contributed by atoms with E-state index in [1.165, 1.54) is 0 Å². The maximum absolute atomic E-state index is 11.1. The summed E-state index contributed by atoms with van der Waals surface area (Å²) in [4.78, 5) is 3.82. The van der Waals surface area contributed by atoms with Crippen LogP contribution in [0.2, 0.25) is 36.3 Å². The molecule has 0 saturated heterocycles. The van der Waals surface area contributed by atoms with Gasteiger partial charge in [0.25, 0.3) is 0 Å². The third kappa shape index (κ3) is 45.5. The summed E-state index contributed by atoms with van der Waals surface area (Å²) >= 11 is 0. The fourth-order valence-electron chi connectivity index (χ4n) is 10.2. The molecule has 0 rings (SSSR count). The first-order valence-electron chi connectivity index (χ1n) is 33.7. The van der Waals surface area contributed by atoms with Crippen LogP contribution in [-0.2, 0) is 108 Å². The van der Waals surface area contributed by atoms with Crippen molar-refractivity contribution in [2.75, 3.05) is 260 Å². The molecule has 98 heavy (non-hydrogen) atoms. The number of aliphatic hydroxyl groups excluding tert-OH is 6. The van der Waals surface area contributed by atoms with E-state index in [9.17, 15) is 30.6 Å².